The number of hydrogen-bond donors (Lipinski definition) is 0. The van der Waals surface area contributed by atoms with Crippen LogP contribution in [0.1, 0.15) is 13.8 Å². The van der Waals surface area contributed by atoms with E-state index in [0.717, 1.165) is 5.69 Å². The predicted octanol–water partition coefficient (Wildman–Crippen LogP) is 2.44. The van der Waals surface area contributed by atoms with Crippen molar-refractivity contribution in [1.82, 2.24) is 0 Å². The molecule has 0 radical (unpaired) electrons. The number of benzene rings is 1. The second-order valence-electron chi connectivity index (χ2n) is 4.27. The van der Waals surface area contributed by atoms with Crippen molar-refractivity contribution >= 4 is 5.69 Å². The first-order chi connectivity index (χ1) is 7.96. The Labute approximate surface area is 102 Å². The number of rotatable bonds is 4. The number of nitriles is 1. The van der Waals surface area contributed by atoms with Gasteiger partial charge >= 0.3 is 0 Å². The van der Waals surface area contributed by atoms with E-state index < -0.39 is 5.54 Å². The first kappa shape index (κ1) is 13.2. The molecule has 92 valence electrons. The smallest absolute Gasteiger partial charge is 0.162 e. The molecule has 4 heteroatoms. The molecule has 0 atom stereocenters. The third-order valence-corrected chi connectivity index (χ3v) is 2.87. The minimum atomic E-state index is -0.570. The molecular formula is C13H18N2O2. The molecule has 0 bridgehead atoms. The van der Waals surface area contributed by atoms with Crippen molar-refractivity contribution in [2.45, 2.75) is 19.4 Å². The average Bonchev–Trinajstić information content (AvgIpc) is 2.36. The zero-order valence-electron chi connectivity index (χ0n) is 10.9. The zero-order valence-corrected chi connectivity index (χ0v) is 10.9. The Balaban J connectivity index is 3.13. The van der Waals surface area contributed by atoms with E-state index in [4.69, 9.17) is 14.7 Å². The molecule has 1 aromatic carbocycles. The van der Waals surface area contributed by atoms with Crippen LogP contribution in [0, 0.1) is 11.3 Å². The monoisotopic (exact) mass is 234 g/mol. The molecular weight excluding hydrogens is 216 g/mol. The van der Waals surface area contributed by atoms with Gasteiger partial charge in [-0.15, -0.1) is 0 Å². The molecule has 0 aromatic heterocycles. The van der Waals surface area contributed by atoms with E-state index in [1.165, 1.54) is 0 Å². The van der Waals surface area contributed by atoms with Crippen molar-refractivity contribution in [3.63, 3.8) is 0 Å². The summed E-state index contributed by atoms with van der Waals surface area (Å²) in [5.74, 6) is 1.34. The van der Waals surface area contributed by atoms with Crippen LogP contribution in [0.5, 0.6) is 11.5 Å². The molecule has 1 aromatic rings. The van der Waals surface area contributed by atoms with Gasteiger partial charge in [0.2, 0.25) is 0 Å². The van der Waals surface area contributed by atoms with Gasteiger partial charge in [-0.3, -0.25) is 0 Å². The van der Waals surface area contributed by atoms with Gasteiger partial charge in [0.15, 0.2) is 11.5 Å². The molecule has 4 nitrogen and oxygen atoms in total. The minimum absolute atomic E-state index is 0.570. The van der Waals surface area contributed by atoms with Gasteiger partial charge in [-0.1, -0.05) is 0 Å². The first-order valence-electron chi connectivity index (χ1n) is 5.33. The van der Waals surface area contributed by atoms with Gasteiger partial charge in [0.25, 0.3) is 0 Å². The number of anilines is 1. The molecule has 0 aliphatic heterocycles. The van der Waals surface area contributed by atoms with E-state index in [0.29, 0.717) is 11.5 Å². The summed E-state index contributed by atoms with van der Waals surface area (Å²) in [6, 6.07) is 7.85. The summed E-state index contributed by atoms with van der Waals surface area (Å²) in [6.45, 7) is 3.73. The van der Waals surface area contributed by atoms with Gasteiger partial charge in [-0.05, 0) is 26.0 Å². The van der Waals surface area contributed by atoms with Crippen LogP contribution in [-0.2, 0) is 0 Å². The van der Waals surface area contributed by atoms with Crippen LogP contribution < -0.4 is 14.4 Å². The van der Waals surface area contributed by atoms with Crippen LogP contribution in [-0.4, -0.2) is 26.8 Å². The Morgan fingerprint density at radius 2 is 1.76 bits per heavy atom. The molecule has 0 amide bonds. The van der Waals surface area contributed by atoms with Crippen LogP contribution in [0.4, 0.5) is 5.69 Å². The van der Waals surface area contributed by atoms with Gasteiger partial charge < -0.3 is 14.4 Å². The lowest BCUT2D eigenvalue weighted by Crippen LogP contribution is -2.39. The van der Waals surface area contributed by atoms with Gasteiger partial charge in [-0.2, -0.15) is 5.26 Å². The Hall–Kier alpha value is -1.89. The second kappa shape index (κ2) is 4.96. The van der Waals surface area contributed by atoms with Crippen molar-refractivity contribution in [3.8, 4) is 17.6 Å². The average molecular weight is 234 g/mol. The Morgan fingerprint density at radius 1 is 1.18 bits per heavy atom. The lowest BCUT2D eigenvalue weighted by molar-refractivity contribution is 0.355. The number of hydrogen-bond acceptors (Lipinski definition) is 4. The van der Waals surface area contributed by atoms with Crippen LogP contribution >= 0.6 is 0 Å². The molecule has 0 fully saturated rings. The topological polar surface area (TPSA) is 45.5 Å². The predicted molar refractivity (Wildman–Crippen MR) is 67.6 cm³/mol. The molecule has 0 N–H and O–H groups in total. The lowest BCUT2D eigenvalue weighted by atomic mass is 10.0. The maximum Gasteiger partial charge on any atom is 0.162 e. The van der Waals surface area contributed by atoms with Crippen molar-refractivity contribution in [1.29, 1.82) is 5.26 Å². The second-order valence-corrected chi connectivity index (χ2v) is 4.27. The number of ether oxygens (including phenoxy) is 2. The highest BCUT2D eigenvalue weighted by Gasteiger charge is 2.23. The van der Waals surface area contributed by atoms with E-state index in [2.05, 4.69) is 6.07 Å². The standard InChI is InChI=1S/C13H18N2O2/c1-13(2,9-14)15(3)10-6-7-11(16-4)12(8-10)17-5/h6-8H,1-5H3. The van der Waals surface area contributed by atoms with Gasteiger partial charge in [0.05, 0.1) is 20.3 Å². The largest absolute Gasteiger partial charge is 0.493 e. The number of methoxy groups -OCH3 is 2. The van der Waals surface area contributed by atoms with Crippen molar-refractivity contribution in [3.05, 3.63) is 18.2 Å². The number of nitrogens with zero attached hydrogens (tertiary/aromatic N) is 2. The van der Waals surface area contributed by atoms with E-state index in [9.17, 15) is 0 Å². The summed E-state index contributed by atoms with van der Waals surface area (Å²) in [7, 11) is 5.07. The summed E-state index contributed by atoms with van der Waals surface area (Å²) in [5, 5.41) is 9.11. The SMILES string of the molecule is COc1ccc(N(C)C(C)(C)C#N)cc1OC. The summed E-state index contributed by atoms with van der Waals surface area (Å²) in [4.78, 5) is 1.90. The van der Waals surface area contributed by atoms with Crippen molar-refractivity contribution < 1.29 is 9.47 Å². The Bertz CT molecular complexity index is 436. The molecule has 0 heterocycles. The third kappa shape index (κ3) is 2.62. The highest BCUT2D eigenvalue weighted by atomic mass is 16.5. The van der Waals surface area contributed by atoms with Crippen LogP contribution in [0.15, 0.2) is 18.2 Å². The fourth-order valence-electron chi connectivity index (χ4n) is 1.43. The van der Waals surface area contributed by atoms with E-state index >= 15 is 0 Å². The molecule has 0 aliphatic carbocycles. The quantitative estimate of drug-likeness (QED) is 0.802. The zero-order chi connectivity index (χ0) is 13.1. The molecule has 17 heavy (non-hydrogen) atoms. The highest BCUT2D eigenvalue weighted by molar-refractivity contribution is 5.58. The molecule has 0 aliphatic rings. The van der Waals surface area contributed by atoms with Gasteiger partial charge in [-0.25, -0.2) is 0 Å². The summed E-state index contributed by atoms with van der Waals surface area (Å²) in [6.07, 6.45) is 0. The first-order valence-corrected chi connectivity index (χ1v) is 5.33. The summed E-state index contributed by atoms with van der Waals surface area (Å²) in [5.41, 5.74) is 0.341. The van der Waals surface area contributed by atoms with Crippen molar-refractivity contribution in [2.75, 3.05) is 26.2 Å². The van der Waals surface area contributed by atoms with Gasteiger partial charge in [0.1, 0.15) is 5.54 Å². The molecule has 0 saturated heterocycles. The summed E-state index contributed by atoms with van der Waals surface area (Å²) < 4.78 is 10.4. The third-order valence-electron chi connectivity index (χ3n) is 2.87. The maximum absolute atomic E-state index is 9.11. The fraction of sp³-hybridized carbons (Fsp3) is 0.462. The molecule has 0 saturated carbocycles. The Kier molecular flexibility index (Phi) is 3.84. The van der Waals surface area contributed by atoms with Gasteiger partial charge in [0, 0.05) is 18.8 Å². The lowest BCUT2D eigenvalue weighted by Gasteiger charge is -2.31. The molecule has 1 rings (SSSR count). The maximum atomic E-state index is 9.11. The van der Waals surface area contributed by atoms with Crippen LogP contribution in [0.3, 0.4) is 0 Å². The van der Waals surface area contributed by atoms with Crippen LogP contribution in [0.25, 0.3) is 0 Å². The molecule has 0 spiro atoms. The molecule has 0 unspecified atom stereocenters. The normalized spacial score (nSPS) is 10.6. The minimum Gasteiger partial charge on any atom is -0.493 e. The summed E-state index contributed by atoms with van der Waals surface area (Å²) >= 11 is 0. The fourth-order valence-corrected chi connectivity index (χ4v) is 1.43. The van der Waals surface area contributed by atoms with Crippen LogP contribution in [0.2, 0.25) is 0 Å². The highest BCUT2D eigenvalue weighted by Crippen LogP contribution is 2.33. The van der Waals surface area contributed by atoms with Crippen molar-refractivity contribution in [2.24, 2.45) is 0 Å². The van der Waals surface area contributed by atoms with E-state index in [-0.39, 0.29) is 0 Å². The van der Waals surface area contributed by atoms with E-state index in [1.807, 2.05) is 44.0 Å². The Morgan fingerprint density at radius 3 is 2.24 bits per heavy atom. The van der Waals surface area contributed by atoms with E-state index in [1.54, 1.807) is 14.2 Å².